The van der Waals surface area contributed by atoms with Crippen LogP contribution in [0.15, 0.2) is 30.3 Å². The zero-order valence-corrected chi connectivity index (χ0v) is 14.6. The van der Waals surface area contributed by atoms with Crippen molar-refractivity contribution in [3.05, 3.63) is 35.9 Å². The van der Waals surface area contributed by atoms with Gasteiger partial charge >= 0.3 is 12.2 Å². The number of hydrogen-bond donors (Lipinski definition) is 0. The first-order valence-electron chi connectivity index (χ1n) is 8.26. The van der Waals surface area contributed by atoms with Crippen LogP contribution in [0.1, 0.15) is 26.3 Å². The van der Waals surface area contributed by atoms with Crippen LogP contribution in [0.3, 0.4) is 0 Å². The van der Waals surface area contributed by atoms with Gasteiger partial charge in [-0.05, 0) is 11.0 Å². The van der Waals surface area contributed by atoms with Gasteiger partial charge in [0.1, 0.15) is 19.3 Å². The Hall–Kier alpha value is -2.57. The SMILES string of the molecule is CC(C)(C)[C@H]1COC(=O)N1C(=O)[C@@H]1CN1C(=O)OCc1ccccc1. The summed E-state index contributed by atoms with van der Waals surface area (Å²) in [6, 6.07) is 8.31. The molecule has 2 atom stereocenters. The van der Waals surface area contributed by atoms with Crippen LogP contribution in [-0.4, -0.2) is 53.1 Å². The Morgan fingerprint density at radius 1 is 1.24 bits per heavy atom. The Bertz CT molecular complexity index is 682. The average Bonchev–Trinajstić information content (AvgIpc) is 3.27. The number of carbonyl (C=O) groups is 3. The molecule has 0 N–H and O–H groups in total. The fraction of sp³-hybridized carbons (Fsp3) is 0.500. The number of nitrogens with zero attached hydrogens (tertiary/aromatic N) is 2. The number of amides is 3. The second-order valence-corrected chi connectivity index (χ2v) is 7.38. The van der Waals surface area contributed by atoms with Crippen molar-refractivity contribution in [2.75, 3.05) is 13.2 Å². The highest BCUT2D eigenvalue weighted by Crippen LogP contribution is 2.32. The smallest absolute Gasteiger partial charge is 0.417 e. The molecule has 25 heavy (non-hydrogen) atoms. The molecule has 7 heteroatoms. The summed E-state index contributed by atoms with van der Waals surface area (Å²) in [4.78, 5) is 39.1. The van der Waals surface area contributed by atoms with Crippen LogP contribution < -0.4 is 0 Å². The van der Waals surface area contributed by atoms with Gasteiger partial charge in [0, 0.05) is 0 Å². The Morgan fingerprint density at radius 3 is 2.56 bits per heavy atom. The number of rotatable bonds is 3. The van der Waals surface area contributed by atoms with E-state index in [1.807, 2.05) is 51.1 Å². The summed E-state index contributed by atoms with van der Waals surface area (Å²) in [5.41, 5.74) is 0.575. The van der Waals surface area contributed by atoms with Crippen molar-refractivity contribution in [2.45, 2.75) is 39.5 Å². The van der Waals surface area contributed by atoms with E-state index in [0.717, 1.165) is 10.5 Å². The molecule has 2 heterocycles. The molecule has 0 aliphatic carbocycles. The zero-order valence-electron chi connectivity index (χ0n) is 14.6. The van der Waals surface area contributed by atoms with Crippen LogP contribution in [0.4, 0.5) is 9.59 Å². The van der Waals surface area contributed by atoms with Crippen LogP contribution in [0, 0.1) is 5.41 Å². The van der Waals surface area contributed by atoms with Crippen molar-refractivity contribution in [3.8, 4) is 0 Å². The number of carbonyl (C=O) groups excluding carboxylic acids is 3. The summed E-state index contributed by atoms with van der Waals surface area (Å²) in [5.74, 6) is -0.404. The van der Waals surface area contributed by atoms with Gasteiger partial charge < -0.3 is 9.47 Å². The fourth-order valence-electron chi connectivity index (χ4n) is 2.82. The molecule has 0 unspecified atom stereocenters. The van der Waals surface area contributed by atoms with E-state index in [1.165, 1.54) is 4.90 Å². The van der Waals surface area contributed by atoms with Crippen molar-refractivity contribution in [3.63, 3.8) is 0 Å². The minimum Gasteiger partial charge on any atom is -0.447 e. The maximum absolute atomic E-state index is 12.6. The minimum atomic E-state index is -0.654. The summed E-state index contributed by atoms with van der Waals surface area (Å²) < 4.78 is 10.3. The number of hydrogen-bond acceptors (Lipinski definition) is 5. The van der Waals surface area contributed by atoms with Crippen molar-refractivity contribution in [1.29, 1.82) is 0 Å². The van der Waals surface area contributed by atoms with Crippen LogP contribution in [0.25, 0.3) is 0 Å². The predicted octanol–water partition coefficient (Wildman–Crippen LogP) is 2.40. The Kier molecular flexibility index (Phi) is 4.41. The Morgan fingerprint density at radius 2 is 1.92 bits per heavy atom. The first-order valence-corrected chi connectivity index (χ1v) is 8.26. The minimum absolute atomic E-state index is 0.146. The topological polar surface area (TPSA) is 75.9 Å². The van der Waals surface area contributed by atoms with Crippen LogP contribution in [0.5, 0.6) is 0 Å². The number of ether oxygens (including phenoxy) is 2. The van der Waals surface area contributed by atoms with Gasteiger partial charge in [0.25, 0.3) is 5.91 Å². The average molecular weight is 346 g/mol. The molecule has 7 nitrogen and oxygen atoms in total. The lowest BCUT2D eigenvalue weighted by molar-refractivity contribution is -0.130. The Labute approximate surface area is 146 Å². The highest BCUT2D eigenvalue weighted by Gasteiger charge is 2.53. The summed E-state index contributed by atoms with van der Waals surface area (Å²) >= 11 is 0. The normalized spacial score (nSPS) is 22.6. The van der Waals surface area contributed by atoms with E-state index in [-0.39, 0.29) is 31.2 Å². The standard InChI is InChI=1S/C18H22N2O5/c1-18(2,3)14-11-25-17(23)20(14)15(21)13-9-19(13)16(22)24-10-12-7-5-4-6-8-12/h4-8,13-14H,9-11H2,1-3H3/t13-,14+,19?/m0/s1. The van der Waals surface area contributed by atoms with E-state index >= 15 is 0 Å². The monoisotopic (exact) mass is 346 g/mol. The first-order chi connectivity index (χ1) is 11.8. The highest BCUT2D eigenvalue weighted by atomic mass is 16.6. The van der Waals surface area contributed by atoms with E-state index in [1.54, 1.807) is 0 Å². The largest absolute Gasteiger partial charge is 0.447 e. The van der Waals surface area contributed by atoms with Gasteiger partial charge in [0.15, 0.2) is 0 Å². The van der Waals surface area contributed by atoms with Crippen LogP contribution in [0.2, 0.25) is 0 Å². The van der Waals surface area contributed by atoms with E-state index in [9.17, 15) is 14.4 Å². The predicted molar refractivity (Wildman–Crippen MR) is 88.6 cm³/mol. The molecular weight excluding hydrogens is 324 g/mol. The van der Waals surface area contributed by atoms with Gasteiger partial charge in [0.2, 0.25) is 0 Å². The molecule has 0 aromatic heterocycles. The molecule has 134 valence electrons. The molecule has 0 radical (unpaired) electrons. The molecule has 1 aromatic rings. The summed E-state index contributed by atoms with van der Waals surface area (Å²) in [6.45, 7) is 6.41. The second kappa shape index (κ2) is 6.38. The van der Waals surface area contributed by atoms with Gasteiger partial charge in [-0.2, -0.15) is 0 Å². The van der Waals surface area contributed by atoms with Crippen molar-refractivity contribution >= 4 is 18.1 Å². The van der Waals surface area contributed by atoms with Gasteiger partial charge in [-0.15, -0.1) is 0 Å². The molecule has 1 aromatic carbocycles. The molecule has 0 spiro atoms. The molecule has 2 fully saturated rings. The molecule has 3 rings (SSSR count). The third-order valence-corrected chi connectivity index (χ3v) is 4.45. The molecule has 2 aliphatic heterocycles. The zero-order chi connectivity index (χ0) is 18.2. The van der Waals surface area contributed by atoms with Crippen molar-refractivity contribution < 1.29 is 23.9 Å². The summed E-state index contributed by atoms with van der Waals surface area (Å²) in [7, 11) is 0. The fourth-order valence-corrected chi connectivity index (χ4v) is 2.82. The van der Waals surface area contributed by atoms with Gasteiger partial charge in [-0.25, -0.2) is 14.5 Å². The summed E-state index contributed by atoms with van der Waals surface area (Å²) in [6.07, 6.45) is -1.20. The molecule has 2 aliphatic rings. The lowest BCUT2D eigenvalue weighted by atomic mass is 9.86. The summed E-state index contributed by atoms with van der Waals surface area (Å²) in [5, 5.41) is 0. The molecule has 2 saturated heterocycles. The van der Waals surface area contributed by atoms with Gasteiger partial charge in [-0.1, -0.05) is 51.1 Å². The second-order valence-electron chi connectivity index (χ2n) is 7.38. The van der Waals surface area contributed by atoms with Gasteiger partial charge in [0.05, 0.1) is 12.6 Å². The molecular formula is C18H22N2O5. The molecule has 0 bridgehead atoms. The number of imide groups is 1. The van der Waals surface area contributed by atoms with Crippen LogP contribution in [-0.2, 0) is 20.9 Å². The number of cyclic esters (lactones) is 1. The maximum atomic E-state index is 12.6. The van der Waals surface area contributed by atoms with Gasteiger partial charge in [-0.3, -0.25) is 9.69 Å². The van der Waals surface area contributed by atoms with Crippen molar-refractivity contribution in [1.82, 2.24) is 9.80 Å². The van der Waals surface area contributed by atoms with Crippen molar-refractivity contribution in [2.24, 2.45) is 5.41 Å². The molecule has 3 amide bonds. The quantitative estimate of drug-likeness (QED) is 0.786. The first kappa shape index (κ1) is 17.3. The third-order valence-electron chi connectivity index (χ3n) is 4.45. The maximum Gasteiger partial charge on any atom is 0.417 e. The van der Waals surface area contributed by atoms with E-state index in [0.29, 0.717) is 0 Å². The van der Waals surface area contributed by atoms with E-state index in [4.69, 9.17) is 9.47 Å². The highest BCUT2D eigenvalue weighted by molar-refractivity contribution is 6.00. The van der Waals surface area contributed by atoms with E-state index in [2.05, 4.69) is 0 Å². The lowest BCUT2D eigenvalue weighted by Crippen LogP contribution is -2.48. The third kappa shape index (κ3) is 3.60. The van der Waals surface area contributed by atoms with E-state index < -0.39 is 24.1 Å². The lowest BCUT2D eigenvalue weighted by Gasteiger charge is -2.30. The number of benzene rings is 1. The van der Waals surface area contributed by atoms with Crippen LogP contribution >= 0.6 is 0 Å². The Balaban J connectivity index is 1.58. The molecule has 0 saturated carbocycles.